The first-order valence-electron chi connectivity index (χ1n) is 8.56. The van der Waals surface area contributed by atoms with Crippen LogP contribution in [0.5, 0.6) is 0 Å². The van der Waals surface area contributed by atoms with Gasteiger partial charge in [0, 0.05) is 13.1 Å². The van der Waals surface area contributed by atoms with E-state index < -0.39 is 10.0 Å². The van der Waals surface area contributed by atoms with E-state index in [4.69, 9.17) is 4.52 Å². The molecule has 0 radical (unpaired) electrons. The Bertz CT molecular complexity index is 828. The Morgan fingerprint density at radius 2 is 2.08 bits per heavy atom. The zero-order valence-electron chi connectivity index (χ0n) is 14.5. The van der Waals surface area contributed by atoms with Gasteiger partial charge in [-0.1, -0.05) is 23.4 Å². The number of hydrogen-bond acceptors (Lipinski definition) is 4. The maximum atomic E-state index is 13.8. The van der Waals surface area contributed by atoms with E-state index in [0.29, 0.717) is 36.5 Å². The summed E-state index contributed by atoms with van der Waals surface area (Å²) in [6.07, 6.45) is 3.16. The van der Waals surface area contributed by atoms with Crippen molar-refractivity contribution in [3.05, 3.63) is 47.1 Å². The van der Waals surface area contributed by atoms with Crippen LogP contribution in [0.1, 0.15) is 36.3 Å². The van der Waals surface area contributed by atoms with Gasteiger partial charge in [-0.15, -0.1) is 0 Å². The molecule has 1 saturated heterocycles. The summed E-state index contributed by atoms with van der Waals surface area (Å²) >= 11 is 0. The van der Waals surface area contributed by atoms with Crippen molar-refractivity contribution in [1.29, 1.82) is 0 Å². The smallest absolute Gasteiger partial charge is 0.248 e. The van der Waals surface area contributed by atoms with Crippen molar-refractivity contribution in [3.63, 3.8) is 0 Å². The summed E-state index contributed by atoms with van der Waals surface area (Å²) < 4.78 is 46.2. The summed E-state index contributed by atoms with van der Waals surface area (Å²) in [6.45, 7) is 4.22. The quantitative estimate of drug-likeness (QED) is 0.813. The molecule has 0 N–H and O–H groups in total. The summed E-state index contributed by atoms with van der Waals surface area (Å²) in [5.41, 5.74) is 1.08. The summed E-state index contributed by atoms with van der Waals surface area (Å²) in [4.78, 5) is 0.183. The first-order valence-corrected chi connectivity index (χ1v) is 10.00. The van der Waals surface area contributed by atoms with Gasteiger partial charge in [-0.05, 0) is 57.1 Å². The lowest BCUT2D eigenvalue weighted by Gasteiger charge is -2.32. The monoisotopic (exact) mass is 366 g/mol. The van der Waals surface area contributed by atoms with E-state index >= 15 is 0 Å². The van der Waals surface area contributed by atoms with Crippen molar-refractivity contribution in [1.82, 2.24) is 9.46 Å². The Labute approximate surface area is 147 Å². The second kappa shape index (κ2) is 7.25. The van der Waals surface area contributed by atoms with Gasteiger partial charge in [0.15, 0.2) is 5.76 Å². The highest BCUT2D eigenvalue weighted by Crippen LogP contribution is 2.29. The molecule has 2 heterocycles. The van der Waals surface area contributed by atoms with Crippen molar-refractivity contribution in [2.24, 2.45) is 5.92 Å². The molecule has 0 spiro atoms. The number of piperidine rings is 1. The van der Waals surface area contributed by atoms with Gasteiger partial charge in [0.2, 0.25) is 10.0 Å². The molecular weight excluding hydrogens is 343 g/mol. The second-order valence-corrected chi connectivity index (χ2v) is 8.53. The molecule has 1 atom stereocenters. The molecule has 1 aliphatic rings. The number of hydrogen-bond donors (Lipinski definition) is 0. The van der Waals surface area contributed by atoms with Crippen LogP contribution in [-0.4, -0.2) is 31.0 Å². The zero-order chi connectivity index (χ0) is 18.0. The van der Waals surface area contributed by atoms with Crippen molar-refractivity contribution >= 4 is 10.0 Å². The lowest BCUT2D eigenvalue weighted by molar-refractivity contribution is 0.255. The van der Waals surface area contributed by atoms with Crippen LogP contribution in [0.3, 0.4) is 0 Å². The first kappa shape index (κ1) is 18.1. The Balaban J connectivity index is 1.70. The van der Waals surface area contributed by atoms with Gasteiger partial charge in [-0.2, -0.15) is 4.31 Å². The Kier molecular flexibility index (Phi) is 5.24. The highest BCUT2D eigenvalue weighted by Gasteiger charge is 2.34. The third kappa shape index (κ3) is 3.77. The Morgan fingerprint density at radius 3 is 2.76 bits per heavy atom. The number of sulfonamides is 1. The minimum atomic E-state index is -3.60. The molecular formula is C18H23FN2O3S. The maximum absolute atomic E-state index is 13.8. The van der Waals surface area contributed by atoms with Crippen LogP contribution >= 0.6 is 0 Å². The van der Waals surface area contributed by atoms with Crippen LogP contribution in [0.4, 0.5) is 4.39 Å². The highest BCUT2D eigenvalue weighted by molar-refractivity contribution is 7.89. The average molecular weight is 366 g/mol. The molecule has 0 bridgehead atoms. The predicted octanol–water partition coefficient (Wildman–Crippen LogP) is 3.46. The number of halogens is 1. The number of nitrogens with zero attached hydrogens (tertiary/aromatic N) is 2. The molecule has 1 aromatic carbocycles. The van der Waals surface area contributed by atoms with Crippen molar-refractivity contribution < 1.29 is 17.3 Å². The van der Waals surface area contributed by atoms with E-state index in [0.717, 1.165) is 19.3 Å². The maximum Gasteiger partial charge on any atom is 0.248 e. The third-order valence-electron chi connectivity index (χ3n) is 4.83. The molecule has 5 nitrogen and oxygen atoms in total. The molecule has 1 aromatic heterocycles. The fraction of sp³-hybridized carbons (Fsp3) is 0.500. The van der Waals surface area contributed by atoms with Gasteiger partial charge in [0.05, 0.1) is 0 Å². The standard InChI is InChI=1S/C18H23FN2O3S/c1-13-18(14(2)24-20-13)25(22,23)21-11-5-6-15(12-21)9-10-16-7-3-4-8-17(16)19/h3-4,7-8,15H,5-6,9-12H2,1-2H3/t15-/m0/s1. The fourth-order valence-corrected chi connectivity index (χ4v) is 5.36. The van der Waals surface area contributed by atoms with E-state index in [1.165, 1.54) is 10.4 Å². The summed E-state index contributed by atoms with van der Waals surface area (Å²) in [7, 11) is -3.60. The minimum absolute atomic E-state index is 0.183. The van der Waals surface area contributed by atoms with E-state index in [1.807, 2.05) is 6.07 Å². The zero-order valence-corrected chi connectivity index (χ0v) is 15.4. The van der Waals surface area contributed by atoms with Crippen LogP contribution in [0.2, 0.25) is 0 Å². The lowest BCUT2D eigenvalue weighted by atomic mass is 9.92. The Hall–Kier alpha value is -1.73. The van der Waals surface area contributed by atoms with Crippen LogP contribution in [0, 0.1) is 25.6 Å². The van der Waals surface area contributed by atoms with Crippen molar-refractivity contribution in [2.45, 2.75) is 44.4 Å². The normalized spacial score (nSPS) is 19.2. The first-order chi connectivity index (χ1) is 11.9. The molecule has 0 unspecified atom stereocenters. The van der Waals surface area contributed by atoms with Crippen LogP contribution in [-0.2, 0) is 16.4 Å². The predicted molar refractivity (Wildman–Crippen MR) is 92.2 cm³/mol. The van der Waals surface area contributed by atoms with E-state index in [9.17, 15) is 12.8 Å². The minimum Gasteiger partial charge on any atom is -0.360 e. The number of aromatic nitrogens is 1. The molecule has 0 aliphatic carbocycles. The second-order valence-electron chi connectivity index (χ2n) is 6.65. The van der Waals surface area contributed by atoms with Gasteiger partial charge < -0.3 is 4.52 Å². The summed E-state index contributed by atoms with van der Waals surface area (Å²) in [5, 5.41) is 3.76. The van der Waals surface area contributed by atoms with E-state index in [-0.39, 0.29) is 16.6 Å². The molecule has 0 amide bonds. The van der Waals surface area contributed by atoms with Crippen LogP contribution in [0.25, 0.3) is 0 Å². The average Bonchev–Trinajstić information content (AvgIpc) is 2.94. The number of benzene rings is 1. The van der Waals surface area contributed by atoms with Gasteiger partial charge in [-0.25, -0.2) is 12.8 Å². The summed E-state index contributed by atoms with van der Waals surface area (Å²) in [5.74, 6) is 0.355. The number of rotatable bonds is 5. The Morgan fingerprint density at radius 1 is 1.32 bits per heavy atom. The van der Waals surface area contributed by atoms with Gasteiger partial charge in [-0.3, -0.25) is 0 Å². The third-order valence-corrected chi connectivity index (χ3v) is 6.94. The molecule has 25 heavy (non-hydrogen) atoms. The molecule has 136 valence electrons. The van der Waals surface area contributed by atoms with Gasteiger partial charge in [0.25, 0.3) is 0 Å². The summed E-state index contributed by atoms with van der Waals surface area (Å²) in [6, 6.07) is 6.76. The van der Waals surface area contributed by atoms with Gasteiger partial charge >= 0.3 is 0 Å². The molecule has 0 saturated carbocycles. The number of aryl methyl sites for hydroxylation is 3. The van der Waals surface area contributed by atoms with Crippen molar-refractivity contribution in [2.75, 3.05) is 13.1 Å². The largest absolute Gasteiger partial charge is 0.360 e. The van der Waals surface area contributed by atoms with Crippen LogP contribution in [0.15, 0.2) is 33.7 Å². The molecule has 1 aliphatic heterocycles. The molecule has 2 aromatic rings. The van der Waals surface area contributed by atoms with Crippen LogP contribution < -0.4 is 0 Å². The fourth-order valence-electron chi connectivity index (χ4n) is 3.51. The highest BCUT2D eigenvalue weighted by atomic mass is 32.2. The lowest BCUT2D eigenvalue weighted by Crippen LogP contribution is -2.40. The topological polar surface area (TPSA) is 63.4 Å². The molecule has 1 fully saturated rings. The molecule has 7 heteroatoms. The SMILES string of the molecule is Cc1noc(C)c1S(=O)(=O)N1CCC[C@@H](CCc2ccccc2F)C1. The molecule has 3 rings (SSSR count). The van der Waals surface area contributed by atoms with Gasteiger partial charge in [0.1, 0.15) is 16.4 Å². The van der Waals surface area contributed by atoms with Crippen molar-refractivity contribution in [3.8, 4) is 0 Å². The van der Waals surface area contributed by atoms with E-state index in [2.05, 4.69) is 5.16 Å². The van der Waals surface area contributed by atoms with E-state index in [1.54, 1.807) is 26.0 Å².